The van der Waals surface area contributed by atoms with Crippen molar-refractivity contribution in [2.45, 2.75) is 169 Å². The van der Waals surface area contributed by atoms with E-state index in [1.165, 1.54) is 20.8 Å². The Labute approximate surface area is 398 Å². The Bertz CT molecular complexity index is 1530. The van der Waals surface area contributed by atoms with E-state index in [1.807, 2.05) is 0 Å². The number of rotatable bonds is 21. The van der Waals surface area contributed by atoms with Crippen LogP contribution in [0.2, 0.25) is 0 Å². The molecule has 0 bridgehead atoms. The van der Waals surface area contributed by atoms with Crippen molar-refractivity contribution in [2.75, 3.05) is 33.0 Å². The van der Waals surface area contributed by atoms with Crippen LogP contribution in [0.1, 0.15) is 34.6 Å². The van der Waals surface area contributed by atoms with Crippen LogP contribution in [0, 0.1) is 0 Å². The topological polar surface area (TPSA) is 578 Å². The van der Waals surface area contributed by atoms with Gasteiger partial charge in [0.25, 0.3) is 0 Å². The number of esters is 1. The molecule has 414 valence electrons. The Morgan fingerprint density at radius 3 is 1.30 bits per heavy atom. The van der Waals surface area contributed by atoms with Gasteiger partial charge >= 0.3 is 5.97 Å². The van der Waals surface area contributed by atoms with Crippen molar-refractivity contribution in [1.29, 1.82) is 0 Å². The van der Waals surface area contributed by atoms with Gasteiger partial charge in [0.1, 0.15) is 123 Å². The highest BCUT2D eigenvalue weighted by Crippen LogP contribution is 2.25. The van der Waals surface area contributed by atoms with E-state index in [2.05, 4.69) is 11.3 Å². The molecule has 0 aromatic carbocycles. The average molecular weight is 1040 g/mol. The first-order valence-corrected chi connectivity index (χ1v) is 20.6. The summed E-state index contributed by atoms with van der Waals surface area (Å²) in [5, 5.41) is 210. The third kappa shape index (κ3) is 23.2. The summed E-state index contributed by atoms with van der Waals surface area (Å²) in [7, 11) is 0. The van der Waals surface area contributed by atoms with Gasteiger partial charge in [-0.15, -0.1) is 0 Å². The van der Waals surface area contributed by atoms with Gasteiger partial charge in [-0.1, -0.05) is 6.58 Å². The highest BCUT2D eigenvalue weighted by atomic mass is 16.7. The quantitative estimate of drug-likeness (QED) is 0.0375. The Balaban J connectivity index is -0.000000852. The average Bonchev–Trinajstić information content (AvgIpc) is 3.33. The summed E-state index contributed by atoms with van der Waals surface area (Å²) in [6, 6.07) is 0. The predicted molar refractivity (Wildman–Crippen MR) is 225 cm³/mol. The van der Waals surface area contributed by atoms with Crippen molar-refractivity contribution in [1.82, 2.24) is 0 Å². The normalized spacial score (nSPS) is 28.7. The zero-order valence-electron chi connectivity index (χ0n) is 38.5. The number of ether oxygens (including phenoxy) is 3. The van der Waals surface area contributed by atoms with Crippen molar-refractivity contribution < 1.29 is 156 Å². The van der Waals surface area contributed by atoms with E-state index in [1.54, 1.807) is 0 Å². The van der Waals surface area contributed by atoms with Crippen LogP contribution in [0.5, 0.6) is 0 Å². The minimum atomic E-state index is -2.04. The molecule has 0 radical (unpaired) electrons. The van der Waals surface area contributed by atoms with Crippen molar-refractivity contribution in [3.63, 3.8) is 0 Å². The van der Waals surface area contributed by atoms with E-state index in [0.29, 0.717) is 0 Å². The fraction of sp³-hybridized carbons (Fsp3) is 0.821. The summed E-state index contributed by atoms with van der Waals surface area (Å²) in [5.41, 5.74) is 0.162. The van der Waals surface area contributed by atoms with Crippen molar-refractivity contribution in [3.8, 4) is 0 Å². The third-order valence-electron chi connectivity index (χ3n) is 9.77. The minimum absolute atomic E-state index is 0.162. The minimum Gasteiger partial charge on any atom is -0.455 e. The number of carbonyl (C=O) groups is 5. The molecule has 2 fully saturated rings. The lowest BCUT2D eigenvalue weighted by Gasteiger charge is -2.42. The van der Waals surface area contributed by atoms with Crippen LogP contribution in [0.25, 0.3) is 0 Å². The standard InChI is InChI=1S/C14H26O10.C8H14O7.C7H14O6.C6H10O6.C4H8O2/c1-5(2)8(18)11(21)13(6(17)3-15)24-14-12(22)10(20)9(19)7(4-16)23-14;1-3(10)5(12)7(14)8(15)6(13)4(11)2-9;1-3(9)5(11)7(13)6(12)4(10)2-8;7-1-2-3(8)4(9)5(10)6(11)12-2;1-3(5)4(2)6/h6-22H,1,3-4H2,2H3;5-9,12-15H,2H2,1H3;4-8,10-13H,2H2,1H3;2-5,7-10H,1H2;3,5H,1-2H3/t6-,7-,8+,9+,10+,11-,12-,13?,14+;5-,6+,7+,8+;4-,5+,6-,7-;;3-/m100.0/s1. The Morgan fingerprint density at radius 2 is 0.943 bits per heavy atom. The van der Waals surface area contributed by atoms with E-state index in [9.17, 15) is 54.6 Å². The molecule has 2 aliphatic rings. The number of hydrogen-bond donors (Lipinski definition) is 23. The molecule has 0 saturated carbocycles. The van der Waals surface area contributed by atoms with E-state index >= 15 is 0 Å². The van der Waals surface area contributed by atoms with Gasteiger partial charge in [-0.2, -0.15) is 0 Å². The maximum Gasteiger partial charge on any atom is 0.338 e. The molecule has 2 saturated heterocycles. The SMILES string of the molecule is C=C(C)[C@H](O)[C@@H](O)C(O[C@@H]1O[C@H](CO)[C@H](O)[C@H](O)[C@H]1O)[C@H](O)CO.CC(=O)[C@@H](O)[C@H](O)[C@@H](O)[C@@H](O)CO.CC(=O)[C@H](C)O.CC(=O)[C@H](O)[C@@H](O)[C@H](O)[C@H](O)C(=O)CO.O=C1OC(CO)C(O)C(O)C1O. The molecule has 22 atom stereocenters. The van der Waals surface area contributed by atoms with Crippen LogP contribution < -0.4 is 0 Å². The number of hydrogen-bond acceptors (Lipinski definition) is 31. The summed E-state index contributed by atoms with van der Waals surface area (Å²) < 4.78 is 14.7. The molecule has 2 rings (SSSR count). The van der Waals surface area contributed by atoms with Gasteiger partial charge in [-0.3, -0.25) is 19.2 Å². The second-order valence-electron chi connectivity index (χ2n) is 15.6. The fourth-order valence-electron chi connectivity index (χ4n) is 4.95. The van der Waals surface area contributed by atoms with Crippen molar-refractivity contribution >= 4 is 29.1 Å². The summed E-state index contributed by atoms with van der Waals surface area (Å²) in [5.74, 6) is -3.87. The number of cyclic esters (lactones) is 1. The number of aliphatic hydroxyl groups is 23. The lowest BCUT2D eigenvalue weighted by Crippen LogP contribution is -2.61. The smallest absolute Gasteiger partial charge is 0.338 e. The summed E-state index contributed by atoms with van der Waals surface area (Å²) in [4.78, 5) is 52.4. The summed E-state index contributed by atoms with van der Waals surface area (Å²) >= 11 is 0. The lowest BCUT2D eigenvalue weighted by molar-refractivity contribution is -0.326. The maximum atomic E-state index is 10.7. The van der Waals surface area contributed by atoms with E-state index in [0.717, 1.165) is 13.8 Å². The van der Waals surface area contributed by atoms with Gasteiger partial charge in [-0.05, 0) is 40.2 Å². The molecule has 0 amide bonds. The molecule has 2 aliphatic heterocycles. The molecule has 23 N–H and O–H groups in total. The molecular formula is C39H72O31. The third-order valence-corrected chi connectivity index (χ3v) is 9.77. The molecule has 0 spiro atoms. The predicted octanol–water partition coefficient (Wildman–Crippen LogP) is -13.6. The van der Waals surface area contributed by atoms with Gasteiger partial charge in [0.05, 0.1) is 26.4 Å². The molecule has 31 heteroatoms. The van der Waals surface area contributed by atoms with Gasteiger partial charge in [0, 0.05) is 0 Å². The molecule has 0 aromatic heterocycles. The van der Waals surface area contributed by atoms with Gasteiger partial charge in [-0.25, -0.2) is 4.79 Å². The van der Waals surface area contributed by atoms with E-state index in [4.69, 9.17) is 96.3 Å². The van der Waals surface area contributed by atoms with Crippen LogP contribution in [0.4, 0.5) is 0 Å². The Morgan fingerprint density at radius 1 is 0.543 bits per heavy atom. The van der Waals surface area contributed by atoms with Gasteiger partial charge in [0.2, 0.25) is 0 Å². The second-order valence-corrected chi connectivity index (χ2v) is 15.6. The fourth-order valence-corrected chi connectivity index (χ4v) is 4.95. The van der Waals surface area contributed by atoms with Crippen LogP contribution in [0.15, 0.2) is 12.2 Å². The number of carbonyl (C=O) groups excluding carboxylic acids is 5. The lowest BCUT2D eigenvalue weighted by atomic mass is 9.97. The first-order valence-electron chi connectivity index (χ1n) is 20.6. The van der Waals surface area contributed by atoms with Gasteiger partial charge < -0.3 is 132 Å². The van der Waals surface area contributed by atoms with E-state index < -0.39 is 191 Å². The van der Waals surface area contributed by atoms with Crippen LogP contribution in [-0.4, -0.2) is 314 Å². The molecule has 70 heavy (non-hydrogen) atoms. The Kier molecular flexibility index (Phi) is 35.7. The van der Waals surface area contributed by atoms with Crippen LogP contribution in [-0.2, 0) is 38.2 Å². The maximum absolute atomic E-state index is 10.7. The second kappa shape index (κ2) is 35.1. The first kappa shape index (κ1) is 71.1. The largest absolute Gasteiger partial charge is 0.455 e. The summed E-state index contributed by atoms with van der Waals surface area (Å²) in [6.45, 7) is 5.81. The highest BCUT2D eigenvalue weighted by Gasteiger charge is 2.47. The number of Topliss-reactive ketones (excluding diaryl/α,β-unsaturated/α-hetero) is 4. The van der Waals surface area contributed by atoms with Crippen molar-refractivity contribution in [3.05, 3.63) is 12.2 Å². The summed E-state index contributed by atoms with van der Waals surface area (Å²) in [6.07, 6.45) is -36.0. The number of aliphatic hydroxyl groups excluding tert-OH is 23. The van der Waals surface area contributed by atoms with Gasteiger partial charge in [0.15, 0.2) is 41.6 Å². The molecule has 5 unspecified atom stereocenters. The zero-order chi connectivity index (χ0) is 55.8. The zero-order valence-corrected chi connectivity index (χ0v) is 38.5. The molecule has 0 aromatic rings. The highest BCUT2D eigenvalue weighted by molar-refractivity contribution is 5.85. The van der Waals surface area contributed by atoms with E-state index in [-0.39, 0.29) is 11.4 Å². The molecular weight excluding hydrogens is 964 g/mol. The van der Waals surface area contributed by atoms with Crippen LogP contribution in [0.3, 0.4) is 0 Å². The number of ketones is 4. The molecule has 2 heterocycles. The molecule has 0 aliphatic carbocycles. The van der Waals surface area contributed by atoms with Crippen LogP contribution >= 0.6 is 0 Å². The first-order chi connectivity index (χ1) is 32.1. The molecule has 31 nitrogen and oxygen atoms in total. The van der Waals surface area contributed by atoms with Crippen molar-refractivity contribution in [2.24, 2.45) is 0 Å². The Hall–Kier alpha value is -3.11. The monoisotopic (exact) mass is 1040 g/mol.